The first kappa shape index (κ1) is 26.1. The molecule has 1 aromatic carbocycles. The highest BCUT2D eigenvalue weighted by molar-refractivity contribution is 6.08. The summed E-state index contributed by atoms with van der Waals surface area (Å²) in [7, 11) is 0. The van der Waals surface area contributed by atoms with E-state index in [2.05, 4.69) is 20.3 Å². The van der Waals surface area contributed by atoms with Gasteiger partial charge in [0.15, 0.2) is 5.65 Å². The maximum Gasteiger partial charge on any atom is 0.278 e. The van der Waals surface area contributed by atoms with E-state index in [0.717, 1.165) is 15.5 Å². The molecule has 4 aromatic rings. The quantitative estimate of drug-likeness (QED) is 0.397. The number of hydrogen-bond acceptors (Lipinski definition) is 6. The Morgan fingerprint density at radius 1 is 1.08 bits per heavy atom. The van der Waals surface area contributed by atoms with Crippen molar-refractivity contribution in [3.05, 3.63) is 71.1 Å². The van der Waals surface area contributed by atoms with E-state index < -0.39 is 40.6 Å². The van der Waals surface area contributed by atoms with Crippen LogP contribution in [0.3, 0.4) is 0 Å². The van der Waals surface area contributed by atoms with E-state index in [9.17, 15) is 27.6 Å². The van der Waals surface area contributed by atoms with Crippen LogP contribution in [0.15, 0.2) is 42.6 Å². The first-order valence-corrected chi connectivity index (χ1v) is 12.0. The van der Waals surface area contributed by atoms with Crippen LogP contribution in [0.1, 0.15) is 53.0 Å². The number of H-pyrrole nitrogens is 1. The molecule has 1 aliphatic rings. The zero-order chi connectivity index (χ0) is 28.3. The van der Waals surface area contributed by atoms with Crippen molar-refractivity contribution in [3.63, 3.8) is 0 Å². The van der Waals surface area contributed by atoms with Crippen LogP contribution in [0, 0.1) is 12.7 Å². The van der Waals surface area contributed by atoms with Crippen molar-refractivity contribution in [2.45, 2.75) is 39.2 Å². The number of nitrogens with one attached hydrogen (secondary N) is 1. The van der Waals surface area contributed by atoms with Crippen LogP contribution >= 0.6 is 0 Å². The number of hydrogen-bond donors (Lipinski definition) is 1. The van der Waals surface area contributed by atoms with Gasteiger partial charge in [-0.2, -0.15) is 10.2 Å². The lowest BCUT2D eigenvalue weighted by atomic mass is 9.96. The van der Waals surface area contributed by atoms with Crippen molar-refractivity contribution in [2.75, 3.05) is 13.1 Å². The molecule has 1 aliphatic heterocycles. The van der Waals surface area contributed by atoms with Crippen molar-refractivity contribution in [1.82, 2.24) is 34.6 Å². The van der Waals surface area contributed by atoms with Crippen LogP contribution in [-0.4, -0.2) is 70.9 Å². The molecule has 0 bridgehead atoms. The number of halogens is 3. The van der Waals surface area contributed by atoms with Crippen LogP contribution in [-0.2, 0) is 10.7 Å². The summed E-state index contributed by atoms with van der Waals surface area (Å²) in [5.74, 6) is -5.69. The zero-order valence-electron chi connectivity index (χ0n) is 21.5. The molecule has 0 spiro atoms. The summed E-state index contributed by atoms with van der Waals surface area (Å²) in [6, 6.07) is 7.85. The second kappa shape index (κ2) is 9.03. The summed E-state index contributed by atoms with van der Waals surface area (Å²) < 4.78 is 43.7. The summed E-state index contributed by atoms with van der Waals surface area (Å²) in [6.07, 6.45) is 1.21. The Morgan fingerprint density at radius 2 is 1.77 bits per heavy atom. The van der Waals surface area contributed by atoms with E-state index in [1.165, 1.54) is 55.3 Å². The molecule has 0 saturated carbocycles. The highest BCUT2D eigenvalue weighted by Gasteiger charge is 2.47. The summed E-state index contributed by atoms with van der Waals surface area (Å²) in [6.45, 7) is 5.31. The lowest BCUT2D eigenvalue weighted by Crippen LogP contribution is -2.65. The zero-order valence-corrected chi connectivity index (χ0v) is 21.5. The number of rotatable bonds is 4. The van der Waals surface area contributed by atoms with E-state index in [1.54, 1.807) is 6.92 Å². The van der Waals surface area contributed by atoms with Gasteiger partial charge in [0.05, 0.1) is 23.1 Å². The second-order valence-electron chi connectivity index (χ2n) is 9.93. The minimum Gasteiger partial charge on any atom is -0.321 e. The van der Waals surface area contributed by atoms with Crippen molar-refractivity contribution in [3.8, 4) is 11.3 Å². The van der Waals surface area contributed by atoms with Crippen LogP contribution in [0.25, 0.3) is 16.9 Å². The van der Waals surface area contributed by atoms with Crippen LogP contribution in [0.2, 0.25) is 0 Å². The van der Waals surface area contributed by atoms with Crippen molar-refractivity contribution < 1.29 is 27.6 Å². The molecule has 0 atom stereocenters. The minimum atomic E-state index is -3.34. The second-order valence-corrected chi connectivity index (χ2v) is 9.93. The number of piperazine rings is 1. The maximum absolute atomic E-state index is 14.6. The average Bonchev–Trinajstić information content (AvgIpc) is 3.50. The van der Waals surface area contributed by atoms with Gasteiger partial charge in [0.25, 0.3) is 23.6 Å². The Morgan fingerprint density at radius 3 is 2.38 bits per heavy atom. The standard InChI is InChI=1S/C26H24F3N7O3/c1-14-11-19(32-31-14)22(37)34-9-10-35(25(2,3)24(34)39)23(38)20-13-36-21(30-20)17(26(4,28)29)12-18(33-36)15-5-7-16(27)8-6-15/h5-8,11-13H,9-10H2,1-4H3,(H,31,32). The Labute approximate surface area is 220 Å². The Kier molecular flexibility index (Phi) is 6.04. The monoisotopic (exact) mass is 539 g/mol. The number of alkyl halides is 2. The van der Waals surface area contributed by atoms with Crippen molar-refractivity contribution in [1.29, 1.82) is 0 Å². The maximum atomic E-state index is 14.6. The van der Waals surface area contributed by atoms with Crippen molar-refractivity contribution in [2.24, 2.45) is 0 Å². The topological polar surface area (TPSA) is 117 Å². The van der Waals surface area contributed by atoms with Gasteiger partial charge in [0.2, 0.25) is 0 Å². The molecular formula is C26H24F3N7O3. The molecule has 3 aromatic heterocycles. The van der Waals surface area contributed by atoms with E-state index >= 15 is 0 Å². The fraction of sp³-hybridized carbons (Fsp3) is 0.308. The van der Waals surface area contributed by atoms with E-state index in [1.807, 2.05) is 0 Å². The number of imide groups is 1. The summed E-state index contributed by atoms with van der Waals surface area (Å²) in [5, 5.41) is 10.8. The summed E-state index contributed by atoms with van der Waals surface area (Å²) >= 11 is 0. The number of aromatic amines is 1. The van der Waals surface area contributed by atoms with Gasteiger partial charge in [0.1, 0.15) is 22.7 Å². The van der Waals surface area contributed by atoms with E-state index in [0.29, 0.717) is 18.2 Å². The molecule has 1 N–H and O–H groups in total. The Bertz CT molecular complexity index is 1620. The smallest absolute Gasteiger partial charge is 0.278 e. The molecule has 5 rings (SSSR count). The minimum absolute atomic E-state index is 0.00461. The molecule has 13 heteroatoms. The fourth-order valence-electron chi connectivity index (χ4n) is 4.56. The molecule has 1 fully saturated rings. The van der Waals surface area contributed by atoms with E-state index in [4.69, 9.17) is 0 Å². The molecule has 1 saturated heterocycles. The Hall–Kier alpha value is -4.55. The largest absolute Gasteiger partial charge is 0.321 e. The van der Waals surface area contributed by atoms with Gasteiger partial charge in [-0.25, -0.2) is 22.7 Å². The van der Waals surface area contributed by atoms with Crippen molar-refractivity contribution >= 4 is 23.4 Å². The summed E-state index contributed by atoms with van der Waals surface area (Å²) in [5.41, 5.74) is -1.10. The molecular weight excluding hydrogens is 515 g/mol. The van der Waals surface area contributed by atoms with Gasteiger partial charge in [-0.3, -0.25) is 24.4 Å². The molecule has 39 heavy (non-hydrogen) atoms. The lowest BCUT2D eigenvalue weighted by Gasteiger charge is -2.44. The number of carbonyl (C=O) groups is 3. The number of fused-ring (bicyclic) bond motifs is 1. The molecule has 0 radical (unpaired) electrons. The predicted octanol–water partition coefficient (Wildman–Crippen LogP) is 3.58. The number of carbonyl (C=O) groups excluding carboxylic acids is 3. The molecule has 0 aliphatic carbocycles. The molecule has 4 heterocycles. The van der Waals surface area contributed by atoms with Crippen LogP contribution in [0.4, 0.5) is 13.2 Å². The third-order valence-corrected chi connectivity index (χ3v) is 6.67. The highest BCUT2D eigenvalue weighted by Crippen LogP contribution is 2.33. The number of nitrogens with zero attached hydrogens (tertiary/aromatic N) is 6. The van der Waals surface area contributed by atoms with Gasteiger partial charge in [-0.15, -0.1) is 0 Å². The number of aryl methyl sites for hydroxylation is 1. The van der Waals surface area contributed by atoms with Crippen LogP contribution < -0.4 is 0 Å². The molecule has 3 amide bonds. The van der Waals surface area contributed by atoms with Crippen LogP contribution in [0.5, 0.6) is 0 Å². The predicted molar refractivity (Wildman–Crippen MR) is 132 cm³/mol. The first-order chi connectivity index (χ1) is 18.3. The number of aromatic nitrogens is 5. The number of imidazole rings is 1. The Balaban J connectivity index is 1.49. The van der Waals surface area contributed by atoms with Gasteiger partial charge in [-0.1, -0.05) is 0 Å². The third kappa shape index (κ3) is 4.53. The van der Waals surface area contributed by atoms with Gasteiger partial charge >= 0.3 is 0 Å². The van der Waals surface area contributed by atoms with Gasteiger partial charge < -0.3 is 4.90 Å². The number of benzene rings is 1. The van der Waals surface area contributed by atoms with Gasteiger partial charge in [0, 0.05) is 25.6 Å². The summed E-state index contributed by atoms with van der Waals surface area (Å²) in [4.78, 5) is 46.2. The normalized spacial score (nSPS) is 15.7. The van der Waals surface area contributed by atoms with E-state index in [-0.39, 0.29) is 35.8 Å². The molecule has 202 valence electrons. The number of amides is 3. The highest BCUT2D eigenvalue weighted by atomic mass is 19.3. The van der Waals surface area contributed by atoms with Gasteiger partial charge in [-0.05, 0) is 57.2 Å². The molecule has 10 nitrogen and oxygen atoms in total. The molecule has 0 unspecified atom stereocenters. The SMILES string of the molecule is Cc1cc(C(=O)N2CCN(C(=O)c3cn4nc(-c5ccc(F)cc5)cc(C(C)(F)F)c4n3)C(C)(C)C2=O)[nH]n1. The first-order valence-electron chi connectivity index (χ1n) is 12.0. The third-order valence-electron chi connectivity index (χ3n) is 6.67. The fourth-order valence-corrected chi connectivity index (χ4v) is 4.56. The lowest BCUT2D eigenvalue weighted by molar-refractivity contribution is -0.143. The average molecular weight is 540 g/mol.